The number of halogens is 1. The quantitative estimate of drug-likeness (QED) is 0.778. The second-order valence-corrected chi connectivity index (χ2v) is 6.69. The Bertz CT molecular complexity index is 577. The molecule has 1 aromatic rings. The molecule has 0 spiro atoms. The van der Waals surface area contributed by atoms with E-state index in [-0.39, 0.29) is 24.2 Å². The number of carbonyl (C=O) groups is 1. The number of hydrogen-bond donors (Lipinski definition) is 1. The van der Waals surface area contributed by atoms with Crippen LogP contribution in [0.3, 0.4) is 0 Å². The molecular weight excluding hydrogens is 354 g/mol. The van der Waals surface area contributed by atoms with E-state index >= 15 is 0 Å². The van der Waals surface area contributed by atoms with E-state index in [1.54, 1.807) is 14.2 Å². The molecule has 0 radical (unpaired) electrons. The van der Waals surface area contributed by atoms with Crippen molar-refractivity contribution in [3.8, 4) is 11.5 Å². The lowest BCUT2D eigenvalue weighted by atomic mass is 9.98. The number of benzene rings is 1. The van der Waals surface area contributed by atoms with E-state index in [1.807, 2.05) is 30.0 Å². The lowest BCUT2D eigenvalue weighted by Crippen LogP contribution is -2.54. The Morgan fingerprint density at radius 3 is 2.38 bits per heavy atom. The molecule has 0 aliphatic carbocycles. The second-order valence-electron chi connectivity index (χ2n) is 6.69. The molecule has 0 bridgehead atoms. The molecule has 1 aliphatic heterocycles. The monoisotopic (exact) mass is 385 g/mol. The molecule has 1 aromatic carbocycles. The Morgan fingerprint density at radius 2 is 1.85 bits per heavy atom. The van der Waals surface area contributed by atoms with Crippen molar-refractivity contribution in [2.75, 3.05) is 40.4 Å². The maximum absolute atomic E-state index is 12.5. The summed E-state index contributed by atoms with van der Waals surface area (Å²) >= 11 is 0. The number of nitrogens with zero attached hydrogens (tertiary/aromatic N) is 2. The Balaban J connectivity index is 0.00000338. The van der Waals surface area contributed by atoms with E-state index in [0.29, 0.717) is 0 Å². The number of ether oxygens (including phenoxy) is 2. The van der Waals surface area contributed by atoms with Crippen molar-refractivity contribution in [2.45, 2.75) is 32.9 Å². The van der Waals surface area contributed by atoms with E-state index in [0.717, 1.165) is 56.2 Å². The van der Waals surface area contributed by atoms with Crippen LogP contribution in [-0.4, -0.2) is 62.1 Å². The van der Waals surface area contributed by atoms with Gasteiger partial charge in [-0.1, -0.05) is 20.3 Å². The summed E-state index contributed by atoms with van der Waals surface area (Å²) in [6.45, 7) is 7.98. The minimum Gasteiger partial charge on any atom is -0.497 e. The van der Waals surface area contributed by atoms with Crippen LogP contribution >= 0.6 is 12.4 Å². The van der Waals surface area contributed by atoms with Crippen molar-refractivity contribution >= 4 is 18.3 Å². The molecule has 2 unspecified atom stereocenters. The number of hydrogen-bond acceptors (Lipinski definition) is 5. The summed E-state index contributed by atoms with van der Waals surface area (Å²) in [7, 11) is 3.34. The van der Waals surface area contributed by atoms with Crippen molar-refractivity contribution in [3.63, 3.8) is 0 Å². The Kier molecular flexibility index (Phi) is 9.19. The van der Waals surface area contributed by atoms with Gasteiger partial charge in [0.05, 0.1) is 20.3 Å². The van der Waals surface area contributed by atoms with Gasteiger partial charge in [-0.15, -0.1) is 12.4 Å². The molecule has 2 N–H and O–H groups in total. The Labute approximate surface area is 163 Å². The molecule has 0 aromatic heterocycles. The fraction of sp³-hybridized carbons (Fsp3) is 0.632. The maximum atomic E-state index is 12.5. The molecule has 1 heterocycles. The predicted octanol–water partition coefficient (Wildman–Crippen LogP) is 2.14. The molecule has 1 saturated heterocycles. The summed E-state index contributed by atoms with van der Waals surface area (Å²) < 4.78 is 10.8. The van der Waals surface area contributed by atoms with Gasteiger partial charge in [0, 0.05) is 38.3 Å². The number of amides is 1. The topological polar surface area (TPSA) is 68.0 Å². The molecule has 26 heavy (non-hydrogen) atoms. The van der Waals surface area contributed by atoms with Crippen molar-refractivity contribution in [2.24, 2.45) is 11.7 Å². The molecule has 148 valence electrons. The van der Waals surface area contributed by atoms with Crippen molar-refractivity contribution < 1.29 is 14.3 Å². The summed E-state index contributed by atoms with van der Waals surface area (Å²) in [6.07, 6.45) is 0.919. The van der Waals surface area contributed by atoms with Crippen LogP contribution in [0, 0.1) is 5.92 Å². The molecule has 2 atom stereocenters. The van der Waals surface area contributed by atoms with Gasteiger partial charge in [-0.3, -0.25) is 9.69 Å². The van der Waals surface area contributed by atoms with E-state index in [2.05, 4.69) is 11.8 Å². The lowest BCUT2D eigenvalue weighted by Gasteiger charge is -2.36. The Morgan fingerprint density at radius 1 is 1.19 bits per heavy atom. The van der Waals surface area contributed by atoms with Gasteiger partial charge < -0.3 is 20.1 Å². The highest BCUT2D eigenvalue weighted by Gasteiger charge is 2.28. The van der Waals surface area contributed by atoms with Crippen LogP contribution in [0.25, 0.3) is 0 Å². The van der Waals surface area contributed by atoms with Gasteiger partial charge in [-0.25, -0.2) is 0 Å². The van der Waals surface area contributed by atoms with Crippen molar-refractivity contribution in [1.82, 2.24) is 9.80 Å². The van der Waals surface area contributed by atoms with Crippen LogP contribution in [0.2, 0.25) is 0 Å². The van der Waals surface area contributed by atoms with Gasteiger partial charge >= 0.3 is 0 Å². The summed E-state index contributed by atoms with van der Waals surface area (Å²) in [6, 6.07) is 5.44. The molecule has 1 amide bonds. The maximum Gasteiger partial charge on any atom is 0.239 e. The largest absolute Gasteiger partial charge is 0.497 e. The van der Waals surface area contributed by atoms with Crippen LogP contribution in [0.4, 0.5) is 0 Å². The zero-order valence-electron chi connectivity index (χ0n) is 16.2. The van der Waals surface area contributed by atoms with Gasteiger partial charge in [0.1, 0.15) is 11.5 Å². The SMILES string of the molecule is CCC(C)C(N)C(=O)N1CCN(Cc2cc(OC)ccc2OC)CC1.Cl. The lowest BCUT2D eigenvalue weighted by molar-refractivity contribution is -0.135. The summed E-state index contributed by atoms with van der Waals surface area (Å²) in [4.78, 5) is 16.7. The van der Waals surface area contributed by atoms with Crippen LogP contribution in [0.1, 0.15) is 25.8 Å². The van der Waals surface area contributed by atoms with Gasteiger partial charge in [0.15, 0.2) is 0 Å². The minimum absolute atomic E-state index is 0. The van der Waals surface area contributed by atoms with Gasteiger partial charge in [0.2, 0.25) is 5.91 Å². The smallest absolute Gasteiger partial charge is 0.239 e. The highest BCUT2D eigenvalue weighted by molar-refractivity contribution is 5.85. The third kappa shape index (κ3) is 5.50. The third-order valence-corrected chi connectivity index (χ3v) is 5.11. The van der Waals surface area contributed by atoms with Crippen LogP contribution in [0.15, 0.2) is 18.2 Å². The first-order valence-electron chi connectivity index (χ1n) is 8.97. The molecule has 7 heteroatoms. The standard InChI is InChI=1S/C19H31N3O3.ClH/c1-5-14(2)18(20)19(23)22-10-8-21(9-11-22)13-15-12-16(24-3)6-7-17(15)25-4;/h6-7,12,14,18H,5,8-11,13,20H2,1-4H3;1H. The van der Waals surface area contributed by atoms with E-state index < -0.39 is 6.04 Å². The molecule has 1 fully saturated rings. The van der Waals surface area contributed by atoms with Gasteiger partial charge in [-0.2, -0.15) is 0 Å². The first-order valence-corrected chi connectivity index (χ1v) is 8.97. The van der Waals surface area contributed by atoms with Crippen LogP contribution < -0.4 is 15.2 Å². The summed E-state index contributed by atoms with van der Waals surface area (Å²) in [5, 5.41) is 0. The molecule has 0 saturated carbocycles. The number of rotatable bonds is 7. The molecule has 1 aliphatic rings. The number of carbonyl (C=O) groups excluding carboxylic acids is 1. The Hall–Kier alpha value is -1.50. The zero-order valence-corrected chi connectivity index (χ0v) is 17.1. The van der Waals surface area contributed by atoms with Crippen molar-refractivity contribution in [3.05, 3.63) is 23.8 Å². The van der Waals surface area contributed by atoms with E-state index in [9.17, 15) is 4.79 Å². The molecule has 6 nitrogen and oxygen atoms in total. The minimum atomic E-state index is -0.393. The second kappa shape index (κ2) is 10.6. The average molecular weight is 386 g/mol. The van der Waals surface area contributed by atoms with Gasteiger partial charge in [0.25, 0.3) is 0 Å². The average Bonchev–Trinajstić information content (AvgIpc) is 2.66. The third-order valence-electron chi connectivity index (χ3n) is 5.11. The van der Waals surface area contributed by atoms with Crippen LogP contribution in [-0.2, 0) is 11.3 Å². The number of piperazine rings is 1. The number of methoxy groups -OCH3 is 2. The predicted molar refractivity (Wildman–Crippen MR) is 106 cm³/mol. The highest BCUT2D eigenvalue weighted by Crippen LogP contribution is 2.25. The van der Waals surface area contributed by atoms with E-state index in [1.165, 1.54) is 0 Å². The summed E-state index contributed by atoms with van der Waals surface area (Å²) in [5.41, 5.74) is 7.19. The fourth-order valence-corrected chi connectivity index (χ4v) is 3.08. The first-order chi connectivity index (χ1) is 12.0. The zero-order chi connectivity index (χ0) is 18.4. The summed E-state index contributed by atoms with van der Waals surface area (Å²) in [5.74, 6) is 1.97. The van der Waals surface area contributed by atoms with Crippen LogP contribution in [0.5, 0.6) is 11.5 Å². The van der Waals surface area contributed by atoms with Gasteiger partial charge in [-0.05, 0) is 24.1 Å². The van der Waals surface area contributed by atoms with Crippen molar-refractivity contribution in [1.29, 1.82) is 0 Å². The first kappa shape index (κ1) is 22.5. The van der Waals surface area contributed by atoms with E-state index in [4.69, 9.17) is 15.2 Å². The fourth-order valence-electron chi connectivity index (χ4n) is 3.08. The number of nitrogens with two attached hydrogens (primary N) is 1. The molecular formula is C19H32ClN3O3. The molecule has 2 rings (SSSR count). The highest BCUT2D eigenvalue weighted by atomic mass is 35.5. The normalized spacial score (nSPS) is 17.2.